The Bertz CT molecular complexity index is 1360. The summed E-state index contributed by atoms with van der Waals surface area (Å²) in [7, 11) is 1.59. The van der Waals surface area contributed by atoms with Gasteiger partial charge in [-0.1, -0.05) is 36.4 Å². The third kappa shape index (κ3) is 4.50. The Morgan fingerprint density at radius 1 is 1.00 bits per heavy atom. The van der Waals surface area contributed by atoms with E-state index < -0.39 is 0 Å². The average Bonchev–Trinajstić information content (AvgIpc) is 2.87. The van der Waals surface area contributed by atoms with E-state index in [2.05, 4.69) is 29.2 Å². The smallest absolute Gasteiger partial charge is 0.235 e. The molecule has 34 heavy (non-hydrogen) atoms. The van der Waals surface area contributed by atoms with E-state index in [9.17, 15) is 4.79 Å². The quantitative estimate of drug-likeness (QED) is 0.355. The van der Waals surface area contributed by atoms with Gasteiger partial charge in [0.25, 0.3) is 0 Å². The first-order valence-corrected chi connectivity index (χ1v) is 11.4. The van der Waals surface area contributed by atoms with Crippen LogP contribution in [0, 0.1) is 6.92 Å². The summed E-state index contributed by atoms with van der Waals surface area (Å²) in [4.78, 5) is 15.6. The minimum absolute atomic E-state index is 0.178. The summed E-state index contributed by atoms with van der Waals surface area (Å²) in [6.45, 7) is 3.83. The highest BCUT2D eigenvalue weighted by atomic mass is 16.5. The first kappa shape index (κ1) is 22.0. The molecule has 0 spiro atoms. The van der Waals surface area contributed by atoms with Crippen molar-refractivity contribution in [1.29, 1.82) is 0 Å². The van der Waals surface area contributed by atoms with Gasteiger partial charge in [0.2, 0.25) is 11.2 Å². The third-order valence-corrected chi connectivity index (χ3v) is 6.07. The number of benzene rings is 3. The van der Waals surface area contributed by atoms with Crippen LogP contribution in [0.1, 0.15) is 23.3 Å². The van der Waals surface area contributed by atoms with Crippen LogP contribution < -0.4 is 19.6 Å². The first-order chi connectivity index (χ1) is 16.6. The maximum atomic E-state index is 13.3. The van der Waals surface area contributed by atoms with Gasteiger partial charge in [-0.15, -0.1) is 0 Å². The van der Waals surface area contributed by atoms with Crippen LogP contribution in [0.2, 0.25) is 0 Å². The monoisotopic (exact) mass is 457 g/mol. The second-order valence-electron chi connectivity index (χ2n) is 8.43. The number of ether oxygens (including phenoxy) is 3. The largest absolute Gasteiger partial charge is 0.497 e. The van der Waals surface area contributed by atoms with Crippen molar-refractivity contribution in [3.8, 4) is 23.0 Å². The average molecular weight is 458 g/mol. The Hall–Kier alpha value is -3.77. The molecule has 0 amide bonds. The molecule has 6 heteroatoms. The summed E-state index contributed by atoms with van der Waals surface area (Å²) in [5.41, 5.74) is 2.59. The van der Waals surface area contributed by atoms with E-state index in [0.717, 1.165) is 30.7 Å². The zero-order chi connectivity index (χ0) is 23.5. The summed E-state index contributed by atoms with van der Waals surface area (Å²) in [6.07, 6.45) is 2.04. The van der Waals surface area contributed by atoms with Crippen LogP contribution in [0.4, 0.5) is 0 Å². The molecule has 4 aromatic rings. The summed E-state index contributed by atoms with van der Waals surface area (Å²) in [5.74, 6) is 2.53. The number of nitrogens with zero attached hydrogens (tertiary/aromatic N) is 1. The maximum absolute atomic E-state index is 13.3. The van der Waals surface area contributed by atoms with E-state index in [1.165, 1.54) is 5.56 Å². The molecule has 0 bridgehead atoms. The number of hydrogen-bond donors (Lipinski definition) is 0. The van der Waals surface area contributed by atoms with Gasteiger partial charge in [0.05, 0.1) is 18.1 Å². The second kappa shape index (κ2) is 9.61. The van der Waals surface area contributed by atoms with Crippen molar-refractivity contribution in [2.75, 3.05) is 20.4 Å². The molecule has 0 saturated heterocycles. The molecule has 6 nitrogen and oxygen atoms in total. The Balaban J connectivity index is 1.39. The predicted octanol–water partition coefficient (Wildman–Crippen LogP) is 5.69. The van der Waals surface area contributed by atoms with Gasteiger partial charge < -0.3 is 18.6 Å². The minimum atomic E-state index is -0.203. The molecule has 2 heterocycles. The predicted molar refractivity (Wildman–Crippen MR) is 131 cm³/mol. The molecule has 1 aliphatic heterocycles. The summed E-state index contributed by atoms with van der Waals surface area (Å²) < 4.78 is 23.3. The zero-order valence-corrected chi connectivity index (χ0v) is 19.4. The number of fused-ring (bicyclic) bond motifs is 3. The van der Waals surface area contributed by atoms with Gasteiger partial charge in [0, 0.05) is 19.2 Å². The van der Waals surface area contributed by atoms with Gasteiger partial charge in [0.15, 0.2) is 0 Å². The standard InChI is InChI=1S/C28H27NO5/c1-19-27(34-22-12-6-11-21(16-22)31-2)26(30)23-13-14-25-24(28(23)33-19)17-29(18-32-25)15-7-10-20-8-4-3-5-9-20/h3-6,8-9,11-14,16H,7,10,15,17-18H2,1-2H3. The topological polar surface area (TPSA) is 61.1 Å². The molecular formula is C28H27NO5. The maximum Gasteiger partial charge on any atom is 0.235 e. The number of aryl methyl sites for hydroxylation is 2. The zero-order valence-electron chi connectivity index (χ0n) is 19.4. The molecule has 3 aromatic carbocycles. The number of methoxy groups -OCH3 is 1. The fourth-order valence-corrected chi connectivity index (χ4v) is 4.30. The molecule has 1 aliphatic rings. The van der Waals surface area contributed by atoms with Gasteiger partial charge in [-0.3, -0.25) is 9.69 Å². The van der Waals surface area contributed by atoms with Gasteiger partial charge in [-0.2, -0.15) is 0 Å². The fourth-order valence-electron chi connectivity index (χ4n) is 4.30. The fraction of sp³-hybridized carbons (Fsp3) is 0.250. The Morgan fingerprint density at radius 2 is 1.82 bits per heavy atom. The molecule has 0 atom stereocenters. The second-order valence-corrected chi connectivity index (χ2v) is 8.43. The van der Waals surface area contributed by atoms with Crippen molar-refractivity contribution in [3.05, 3.63) is 93.8 Å². The molecule has 1 aromatic heterocycles. The van der Waals surface area contributed by atoms with E-state index in [1.54, 1.807) is 32.2 Å². The van der Waals surface area contributed by atoms with Gasteiger partial charge in [0.1, 0.15) is 35.3 Å². The lowest BCUT2D eigenvalue weighted by molar-refractivity contribution is 0.0946. The molecule has 5 rings (SSSR count). The molecule has 174 valence electrons. The molecule has 0 radical (unpaired) electrons. The van der Waals surface area contributed by atoms with Crippen LogP contribution in [0.25, 0.3) is 11.0 Å². The van der Waals surface area contributed by atoms with Crippen molar-refractivity contribution in [2.24, 2.45) is 0 Å². The van der Waals surface area contributed by atoms with Crippen LogP contribution in [-0.2, 0) is 13.0 Å². The molecule has 0 N–H and O–H groups in total. The van der Waals surface area contributed by atoms with Crippen LogP contribution >= 0.6 is 0 Å². The van der Waals surface area contributed by atoms with Crippen molar-refractivity contribution in [3.63, 3.8) is 0 Å². The number of rotatable bonds is 7. The van der Waals surface area contributed by atoms with Crippen LogP contribution in [-0.4, -0.2) is 25.3 Å². The Labute approximate surface area is 198 Å². The highest BCUT2D eigenvalue weighted by Gasteiger charge is 2.24. The molecule has 0 aliphatic carbocycles. The van der Waals surface area contributed by atoms with E-state index in [4.69, 9.17) is 18.6 Å². The first-order valence-electron chi connectivity index (χ1n) is 11.4. The third-order valence-electron chi connectivity index (χ3n) is 6.07. The lowest BCUT2D eigenvalue weighted by Crippen LogP contribution is -2.33. The van der Waals surface area contributed by atoms with Gasteiger partial charge in [-0.25, -0.2) is 0 Å². The molecule has 0 unspecified atom stereocenters. The highest BCUT2D eigenvalue weighted by molar-refractivity contribution is 5.83. The highest BCUT2D eigenvalue weighted by Crippen LogP contribution is 2.34. The molecular weight excluding hydrogens is 430 g/mol. The van der Waals surface area contributed by atoms with Crippen molar-refractivity contribution in [2.45, 2.75) is 26.3 Å². The minimum Gasteiger partial charge on any atom is -0.497 e. The molecule has 0 saturated carbocycles. The Morgan fingerprint density at radius 3 is 2.65 bits per heavy atom. The van der Waals surface area contributed by atoms with Gasteiger partial charge >= 0.3 is 0 Å². The van der Waals surface area contributed by atoms with E-state index >= 15 is 0 Å². The van der Waals surface area contributed by atoms with Crippen LogP contribution in [0.5, 0.6) is 23.0 Å². The van der Waals surface area contributed by atoms with Gasteiger partial charge in [-0.05, 0) is 49.6 Å². The molecule has 0 fully saturated rings. The lowest BCUT2D eigenvalue weighted by Gasteiger charge is -2.29. The van der Waals surface area contributed by atoms with E-state index in [1.807, 2.05) is 24.3 Å². The lowest BCUT2D eigenvalue weighted by atomic mass is 10.1. The van der Waals surface area contributed by atoms with Crippen LogP contribution in [0.3, 0.4) is 0 Å². The summed E-state index contributed by atoms with van der Waals surface area (Å²) in [5, 5.41) is 0.483. The SMILES string of the molecule is COc1cccc(Oc2c(C)oc3c4c(ccc3c2=O)OCN(CCCc2ccccc2)C4)c1. The van der Waals surface area contributed by atoms with Crippen molar-refractivity contribution in [1.82, 2.24) is 4.90 Å². The summed E-state index contributed by atoms with van der Waals surface area (Å²) in [6, 6.07) is 21.2. The summed E-state index contributed by atoms with van der Waals surface area (Å²) >= 11 is 0. The van der Waals surface area contributed by atoms with Crippen molar-refractivity contribution < 1.29 is 18.6 Å². The van der Waals surface area contributed by atoms with Crippen LogP contribution in [0.15, 0.2) is 75.9 Å². The van der Waals surface area contributed by atoms with Crippen molar-refractivity contribution >= 4 is 11.0 Å². The normalized spacial score (nSPS) is 13.4. The Kier molecular flexibility index (Phi) is 6.23. The van der Waals surface area contributed by atoms with E-state index in [-0.39, 0.29) is 11.2 Å². The number of hydrogen-bond acceptors (Lipinski definition) is 6. The van der Waals surface area contributed by atoms with E-state index in [0.29, 0.717) is 41.5 Å².